The second kappa shape index (κ2) is 6.09. The number of hydrogen-bond donors (Lipinski definition) is 1. The van der Waals surface area contributed by atoms with Crippen molar-refractivity contribution in [1.82, 2.24) is 0 Å². The summed E-state index contributed by atoms with van der Waals surface area (Å²) in [5.74, 6) is -1.33. The second-order valence-electron chi connectivity index (χ2n) is 5.17. The zero-order valence-corrected chi connectivity index (χ0v) is 14.8. The van der Waals surface area contributed by atoms with Crippen molar-refractivity contribution in [3.8, 4) is 0 Å². The minimum Gasteiger partial charge on any atom is -0.478 e. The molecule has 0 atom stereocenters. The zero-order valence-electron chi connectivity index (χ0n) is 11.8. The third kappa shape index (κ3) is 2.89. The van der Waals surface area contributed by atoms with Crippen molar-refractivity contribution in [2.24, 2.45) is 0 Å². The van der Waals surface area contributed by atoms with Crippen LogP contribution in [0.1, 0.15) is 15.9 Å². The standard InChI is InChI=1S/C16H5Cl4F3O2/c17-11-9-4-8(15(24)25)6-2-1-5(16(21,22)23)3-7(6)10(9)12(18)14(20)13(11)19/h1-4H,(H,24,25). The fourth-order valence-corrected chi connectivity index (χ4v) is 3.63. The van der Waals surface area contributed by atoms with Gasteiger partial charge in [-0.15, -0.1) is 0 Å². The topological polar surface area (TPSA) is 37.3 Å². The Morgan fingerprint density at radius 1 is 0.840 bits per heavy atom. The maximum Gasteiger partial charge on any atom is 0.416 e. The van der Waals surface area contributed by atoms with Gasteiger partial charge in [-0.1, -0.05) is 52.5 Å². The molecule has 130 valence electrons. The molecule has 0 fully saturated rings. The molecular formula is C16H5Cl4F3O2. The summed E-state index contributed by atoms with van der Waals surface area (Å²) in [4.78, 5) is 11.5. The molecule has 0 aromatic heterocycles. The Labute approximate surface area is 158 Å². The molecule has 0 amide bonds. The average Bonchev–Trinajstić information content (AvgIpc) is 2.55. The lowest BCUT2D eigenvalue weighted by Crippen LogP contribution is -2.05. The molecule has 0 heterocycles. The van der Waals surface area contributed by atoms with Crippen LogP contribution >= 0.6 is 46.4 Å². The lowest BCUT2D eigenvalue weighted by Gasteiger charge is -2.15. The summed E-state index contributed by atoms with van der Waals surface area (Å²) in [6.45, 7) is 0. The Kier molecular flexibility index (Phi) is 4.48. The monoisotopic (exact) mass is 426 g/mol. The van der Waals surface area contributed by atoms with Gasteiger partial charge in [0.25, 0.3) is 0 Å². The maximum atomic E-state index is 13.1. The zero-order chi connectivity index (χ0) is 18.7. The van der Waals surface area contributed by atoms with E-state index in [2.05, 4.69) is 0 Å². The van der Waals surface area contributed by atoms with Gasteiger partial charge in [0.1, 0.15) is 0 Å². The Morgan fingerprint density at radius 3 is 2.00 bits per heavy atom. The van der Waals surface area contributed by atoms with Gasteiger partial charge >= 0.3 is 12.1 Å². The van der Waals surface area contributed by atoms with E-state index in [9.17, 15) is 23.1 Å². The number of halogens is 7. The van der Waals surface area contributed by atoms with Crippen molar-refractivity contribution in [2.75, 3.05) is 0 Å². The van der Waals surface area contributed by atoms with Crippen molar-refractivity contribution in [3.63, 3.8) is 0 Å². The first kappa shape index (κ1) is 18.4. The highest BCUT2D eigenvalue weighted by molar-refractivity contribution is 6.56. The van der Waals surface area contributed by atoms with E-state index in [0.29, 0.717) is 0 Å². The Hall–Kier alpha value is -1.40. The van der Waals surface area contributed by atoms with Gasteiger partial charge in [0.05, 0.1) is 31.2 Å². The lowest BCUT2D eigenvalue weighted by atomic mass is 9.95. The highest BCUT2D eigenvalue weighted by atomic mass is 35.5. The molecule has 0 saturated heterocycles. The van der Waals surface area contributed by atoms with E-state index >= 15 is 0 Å². The van der Waals surface area contributed by atoms with Crippen LogP contribution < -0.4 is 0 Å². The van der Waals surface area contributed by atoms with Crippen LogP contribution in [0.15, 0.2) is 24.3 Å². The Morgan fingerprint density at radius 2 is 1.44 bits per heavy atom. The molecule has 0 aliphatic carbocycles. The molecule has 3 aromatic carbocycles. The van der Waals surface area contributed by atoms with E-state index in [1.54, 1.807) is 0 Å². The third-order valence-corrected chi connectivity index (χ3v) is 5.55. The van der Waals surface area contributed by atoms with Gasteiger partial charge < -0.3 is 5.11 Å². The molecule has 1 N–H and O–H groups in total. The highest BCUT2D eigenvalue weighted by Crippen LogP contribution is 2.47. The molecule has 0 unspecified atom stereocenters. The molecule has 0 saturated carbocycles. The number of fused-ring (bicyclic) bond motifs is 3. The summed E-state index contributed by atoms with van der Waals surface area (Å²) in [6.07, 6.45) is -4.62. The van der Waals surface area contributed by atoms with Gasteiger partial charge in [-0.3, -0.25) is 0 Å². The Bertz CT molecular complexity index is 1060. The lowest BCUT2D eigenvalue weighted by molar-refractivity contribution is -0.137. The summed E-state index contributed by atoms with van der Waals surface area (Å²) >= 11 is 24.3. The molecule has 0 radical (unpaired) electrons. The smallest absolute Gasteiger partial charge is 0.416 e. The van der Waals surface area contributed by atoms with Gasteiger partial charge in [-0.05, 0) is 29.0 Å². The third-order valence-electron chi connectivity index (χ3n) is 3.73. The molecule has 3 aromatic rings. The number of rotatable bonds is 1. The number of carboxylic acid groups (broad SMARTS) is 1. The minimum absolute atomic E-state index is 0.0322. The fourth-order valence-electron chi connectivity index (χ4n) is 2.61. The van der Waals surface area contributed by atoms with Crippen molar-refractivity contribution in [1.29, 1.82) is 0 Å². The van der Waals surface area contributed by atoms with Crippen LogP contribution in [-0.2, 0) is 6.18 Å². The predicted octanol–water partition coefficient (Wildman–Crippen LogP) is 7.32. The molecule has 0 aliphatic rings. The van der Waals surface area contributed by atoms with Crippen LogP contribution in [0.3, 0.4) is 0 Å². The minimum atomic E-state index is -4.62. The average molecular weight is 428 g/mol. The van der Waals surface area contributed by atoms with Crippen molar-refractivity contribution < 1.29 is 23.1 Å². The number of aromatic carboxylic acids is 1. The van der Waals surface area contributed by atoms with Crippen LogP contribution in [0.4, 0.5) is 13.2 Å². The number of hydrogen-bond acceptors (Lipinski definition) is 1. The normalized spacial score (nSPS) is 12.1. The highest BCUT2D eigenvalue weighted by Gasteiger charge is 2.31. The van der Waals surface area contributed by atoms with Crippen LogP contribution in [0.5, 0.6) is 0 Å². The summed E-state index contributed by atoms with van der Waals surface area (Å²) in [7, 11) is 0. The predicted molar refractivity (Wildman–Crippen MR) is 93.5 cm³/mol. The van der Waals surface area contributed by atoms with Crippen molar-refractivity contribution >= 4 is 73.9 Å². The van der Waals surface area contributed by atoms with Crippen molar-refractivity contribution in [3.05, 3.63) is 55.5 Å². The quantitative estimate of drug-likeness (QED) is 0.251. The number of carboxylic acids is 1. The van der Waals surface area contributed by atoms with E-state index in [-0.39, 0.29) is 47.2 Å². The van der Waals surface area contributed by atoms with Gasteiger partial charge in [0.15, 0.2) is 0 Å². The van der Waals surface area contributed by atoms with Crippen molar-refractivity contribution in [2.45, 2.75) is 6.18 Å². The van der Waals surface area contributed by atoms with E-state index in [4.69, 9.17) is 46.4 Å². The van der Waals surface area contributed by atoms with Crippen LogP contribution in [0, 0.1) is 0 Å². The second-order valence-corrected chi connectivity index (χ2v) is 6.68. The van der Waals surface area contributed by atoms with E-state index in [1.807, 2.05) is 0 Å². The first-order valence-corrected chi connectivity index (χ1v) is 8.08. The first-order chi connectivity index (χ1) is 11.5. The van der Waals surface area contributed by atoms with Crippen LogP contribution in [-0.4, -0.2) is 11.1 Å². The largest absolute Gasteiger partial charge is 0.478 e. The van der Waals surface area contributed by atoms with Gasteiger partial charge in [0, 0.05) is 10.8 Å². The molecule has 0 aliphatic heterocycles. The number of alkyl halides is 3. The van der Waals surface area contributed by atoms with Gasteiger partial charge in [-0.25, -0.2) is 4.79 Å². The number of carbonyl (C=O) groups is 1. The molecule has 9 heteroatoms. The van der Waals surface area contributed by atoms with E-state index in [0.717, 1.165) is 18.2 Å². The van der Waals surface area contributed by atoms with E-state index in [1.165, 1.54) is 6.07 Å². The van der Waals surface area contributed by atoms with Gasteiger partial charge in [-0.2, -0.15) is 13.2 Å². The summed E-state index contributed by atoms with van der Waals surface area (Å²) in [5.41, 5.74) is -1.19. The molecule has 0 bridgehead atoms. The fraction of sp³-hybridized carbons (Fsp3) is 0.0625. The molecule has 25 heavy (non-hydrogen) atoms. The maximum absolute atomic E-state index is 13.1. The van der Waals surface area contributed by atoms with Crippen LogP contribution in [0.25, 0.3) is 21.5 Å². The Balaban J connectivity index is 2.64. The molecular weight excluding hydrogens is 423 g/mol. The van der Waals surface area contributed by atoms with Gasteiger partial charge in [0.2, 0.25) is 0 Å². The SMILES string of the molecule is O=C(O)c1cc2c(Cl)c(Cl)c(Cl)c(Cl)c2c2cc(C(F)(F)F)ccc12. The number of benzene rings is 3. The summed E-state index contributed by atoms with van der Waals surface area (Å²) in [5, 5.41) is 9.22. The molecule has 3 rings (SSSR count). The summed E-state index contributed by atoms with van der Waals surface area (Å²) < 4.78 is 39.2. The van der Waals surface area contributed by atoms with Crippen LogP contribution in [0.2, 0.25) is 20.1 Å². The first-order valence-electron chi connectivity index (χ1n) is 6.57. The molecule has 0 spiro atoms. The van der Waals surface area contributed by atoms with E-state index < -0.39 is 17.7 Å². The summed E-state index contributed by atoms with van der Waals surface area (Å²) in [6, 6.07) is 3.90. The molecule has 2 nitrogen and oxygen atoms in total.